The minimum Gasteiger partial charge on any atom is -0.299 e. The third-order valence-corrected chi connectivity index (χ3v) is 3.58. The lowest BCUT2D eigenvalue weighted by Crippen LogP contribution is -2.37. The molecule has 1 nitrogen and oxygen atoms in total. The van der Waals surface area contributed by atoms with Crippen LogP contribution in [0.15, 0.2) is 12.2 Å². The van der Waals surface area contributed by atoms with E-state index in [1.54, 1.807) is 0 Å². The fourth-order valence-corrected chi connectivity index (χ4v) is 3.04. The van der Waals surface area contributed by atoms with Crippen molar-refractivity contribution in [1.29, 1.82) is 0 Å². The molecule has 0 aromatic heterocycles. The Morgan fingerprint density at radius 2 is 2.15 bits per heavy atom. The Hall–Kier alpha value is -0.590. The van der Waals surface area contributed by atoms with Crippen molar-refractivity contribution in [2.75, 3.05) is 0 Å². The van der Waals surface area contributed by atoms with Crippen molar-refractivity contribution in [3.63, 3.8) is 0 Å². The van der Waals surface area contributed by atoms with Crippen molar-refractivity contribution >= 4 is 5.78 Å². The highest BCUT2D eigenvalue weighted by Gasteiger charge is 2.38. The van der Waals surface area contributed by atoms with E-state index in [0.717, 1.165) is 12.8 Å². The van der Waals surface area contributed by atoms with Crippen LogP contribution in [0, 0.1) is 23.7 Å². The second kappa shape index (κ2) is 3.28. The molecule has 0 amide bonds. The maximum Gasteiger partial charge on any atom is 0.137 e. The maximum atomic E-state index is 11.8. The first kappa shape index (κ1) is 8.98. The molecule has 13 heavy (non-hydrogen) atoms. The average molecular weight is 178 g/mol. The van der Waals surface area contributed by atoms with Crippen LogP contribution in [-0.2, 0) is 4.79 Å². The number of carbonyl (C=O) groups excluding carboxylic acids is 1. The van der Waals surface area contributed by atoms with Crippen LogP contribution in [0.3, 0.4) is 0 Å². The SMILES string of the molecule is C[C@H]1CC(=O)[C@H]2[C@H](CC=C[C@H]2C)C1. The summed E-state index contributed by atoms with van der Waals surface area (Å²) in [7, 11) is 0. The summed E-state index contributed by atoms with van der Waals surface area (Å²) >= 11 is 0. The topological polar surface area (TPSA) is 17.1 Å². The summed E-state index contributed by atoms with van der Waals surface area (Å²) < 4.78 is 0. The molecule has 0 aromatic rings. The average Bonchev–Trinajstić information content (AvgIpc) is 2.02. The van der Waals surface area contributed by atoms with E-state index >= 15 is 0 Å². The monoisotopic (exact) mass is 178 g/mol. The normalized spacial score (nSPS) is 44.6. The van der Waals surface area contributed by atoms with Crippen molar-refractivity contribution in [2.45, 2.75) is 33.1 Å². The quantitative estimate of drug-likeness (QED) is 0.521. The smallest absolute Gasteiger partial charge is 0.137 e. The molecule has 2 aliphatic rings. The van der Waals surface area contributed by atoms with Crippen LogP contribution in [-0.4, -0.2) is 5.78 Å². The molecule has 0 heterocycles. The van der Waals surface area contributed by atoms with Crippen LogP contribution < -0.4 is 0 Å². The number of allylic oxidation sites excluding steroid dienone is 2. The van der Waals surface area contributed by atoms with Gasteiger partial charge in [-0.2, -0.15) is 0 Å². The van der Waals surface area contributed by atoms with Crippen LogP contribution >= 0.6 is 0 Å². The summed E-state index contributed by atoms with van der Waals surface area (Å²) in [6.45, 7) is 4.39. The molecule has 0 spiro atoms. The van der Waals surface area contributed by atoms with Crippen LogP contribution in [0.4, 0.5) is 0 Å². The molecule has 72 valence electrons. The summed E-state index contributed by atoms with van der Waals surface area (Å²) in [5.74, 6) is 2.62. The number of rotatable bonds is 0. The zero-order chi connectivity index (χ0) is 9.42. The molecule has 0 saturated heterocycles. The van der Waals surface area contributed by atoms with E-state index in [1.807, 2.05) is 0 Å². The molecule has 0 N–H and O–H groups in total. The molecule has 0 unspecified atom stereocenters. The molecule has 1 saturated carbocycles. The van der Waals surface area contributed by atoms with Crippen molar-refractivity contribution in [1.82, 2.24) is 0 Å². The molecule has 2 rings (SSSR count). The first-order valence-electron chi connectivity index (χ1n) is 5.38. The molecular formula is C12H18O. The minimum atomic E-state index is 0.348. The minimum absolute atomic E-state index is 0.348. The lowest BCUT2D eigenvalue weighted by Gasteiger charge is -2.38. The fraction of sp³-hybridized carbons (Fsp3) is 0.750. The van der Waals surface area contributed by atoms with E-state index in [9.17, 15) is 4.79 Å². The number of hydrogen-bond acceptors (Lipinski definition) is 1. The largest absolute Gasteiger partial charge is 0.299 e. The zero-order valence-corrected chi connectivity index (χ0v) is 8.49. The number of Topliss-reactive ketones (excluding diaryl/α,β-unsaturated/α-hetero) is 1. The molecule has 2 aliphatic carbocycles. The number of ketones is 1. The highest BCUT2D eigenvalue weighted by atomic mass is 16.1. The van der Waals surface area contributed by atoms with Crippen LogP contribution in [0.5, 0.6) is 0 Å². The molecule has 0 bridgehead atoms. The molecular weight excluding hydrogens is 160 g/mol. The van der Waals surface area contributed by atoms with Gasteiger partial charge in [0.1, 0.15) is 5.78 Å². The Bertz CT molecular complexity index is 242. The van der Waals surface area contributed by atoms with Gasteiger partial charge in [-0.15, -0.1) is 0 Å². The highest BCUT2D eigenvalue weighted by Crippen LogP contribution is 2.40. The maximum absolute atomic E-state index is 11.8. The van der Waals surface area contributed by atoms with E-state index in [2.05, 4.69) is 26.0 Å². The fourth-order valence-electron chi connectivity index (χ4n) is 3.04. The Labute approximate surface area is 80.2 Å². The van der Waals surface area contributed by atoms with Gasteiger partial charge in [0.05, 0.1) is 0 Å². The Kier molecular flexibility index (Phi) is 2.27. The first-order valence-corrected chi connectivity index (χ1v) is 5.38. The second-order valence-electron chi connectivity index (χ2n) is 4.82. The van der Waals surface area contributed by atoms with Gasteiger partial charge in [-0.3, -0.25) is 4.79 Å². The summed E-state index contributed by atoms with van der Waals surface area (Å²) in [5.41, 5.74) is 0. The van der Waals surface area contributed by atoms with Crippen LogP contribution in [0.2, 0.25) is 0 Å². The van der Waals surface area contributed by atoms with Gasteiger partial charge in [-0.05, 0) is 30.6 Å². The molecule has 1 heteroatoms. The summed E-state index contributed by atoms with van der Waals surface area (Å²) in [4.78, 5) is 11.8. The number of carbonyl (C=O) groups is 1. The molecule has 0 aromatic carbocycles. The van der Waals surface area contributed by atoms with Gasteiger partial charge in [-0.1, -0.05) is 26.0 Å². The summed E-state index contributed by atoms with van der Waals surface area (Å²) in [6, 6.07) is 0. The zero-order valence-electron chi connectivity index (χ0n) is 8.49. The third kappa shape index (κ3) is 1.56. The lowest BCUT2D eigenvalue weighted by atomic mass is 9.65. The number of fused-ring (bicyclic) bond motifs is 1. The van der Waals surface area contributed by atoms with Crippen molar-refractivity contribution in [3.05, 3.63) is 12.2 Å². The van der Waals surface area contributed by atoms with Crippen molar-refractivity contribution in [3.8, 4) is 0 Å². The van der Waals surface area contributed by atoms with Gasteiger partial charge < -0.3 is 0 Å². The van der Waals surface area contributed by atoms with Gasteiger partial charge in [0.2, 0.25) is 0 Å². The van der Waals surface area contributed by atoms with Crippen molar-refractivity contribution in [2.24, 2.45) is 23.7 Å². The van der Waals surface area contributed by atoms with Crippen LogP contribution in [0.1, 0.15) is 33.1 Å². The van der Waals surface area contributed by atoms with Gasteiger partial charge in [0, 0.05) is 12.3 Å². The Balaban J connectivity index is 2.19. The van der Waals surface area contributed by atoms with Crippen molar-refractivity contribution < 1.29 is 4.79 Å². The Morgan fingerprint density at radius 1 is 1.38 bits per heavy atom. The van der Waals surface area contributed by atoms with Gasteiger partial charge >= 0.3 is 0 Å². The van der Waals surface area contributed by atoms with Gasteiger partial charge in [0.25, 0.3) is 0 Å². The van der Waals surface area contributed by atoms with E-state index in [0.29, 0.717) is 29.5 Å². The molecule has 0 aliphatic heterocycles. The first-order chi connectivity index (χ1) is 6.18. The predicted octanol–water partition coefficient (Wildman–Crippen LogP) is 2.81. The van der Waals surface area contributed by atoms with Crippen LogP contribution in [0.25, 0.3) is 0 Å². The third-order valence-electron chi connectivity index (χ3n) is 3.58. The highest BCUT2D eigenvalue weighted by molar-refractivity contribution is 5.83. The van der Waals surface area contributed by atoms with Gasteiger partial charge in [0.15, 0.2) is 0 Å². The summed E-state index contributed by atoms with van der Waals surface area (Å²) in [6.07, 6.45) is 7.68. The molecule has 0 radical (unpaired) electrons. The van der Waals surface area contributed by atoms with E-state index in [1.165, 1.54) is 6.42 Å². The Morgan fingerprint density at radius 3 is 2.92 bits per heavy atom. The lowest BCUT2D eigenvalue weighted by molar-refractivity contribution is -0.129. The van der Waals surface area contributed by atoms with E-state index < -0.39 is 0 Å². The summed E-state index contributed by atoms with van der Waals surface area (Å²) in [5, 5.41) is 0. The predicted molar refractivity (Wildman–Crippen MR) is 53.3 cm³/mol. The second-order valence-corrected chi connectivity index (χ2v) is 4.82. The number of hydrogen-bond donors (Lipinski definition) is 0. The molecule has 4 atom stereocenters. The van der Waals surface area contributed by atoms with Gasteiger partial charge in [-0.25, -0.2) is 0 Å². The van der Waals surface area contributed by atoms with E-state index in [-0.39, 0.29) is 0 Å². The van der Waals surface area contributed by atoms with E-state index in [4.69, 9.17) is 0 Å². The standard InChI is InChI=1S/C12H18O/c1-8-6-10-5-3-4-9(2)12(10)11(13)7-8/h3-4,8-10,12H,5-7H2,1-2H3/t8-,9-,10-,12-/m1/s1. The molecule has 1 fully saturated rings.